The molecule has 7 heteroatoms. The second-order valence-corrected chi connectivity index (χ2v) is 6.95. The molecule has 1 aromatic rings. The Morgan fingerprint density at radius 1 is 1.36 bits per heavy atom. The van der Waals surface area contributed by atoms with E-state index in [2.05, 4.69) is 27.2 Å². The maximum atomic E-state index is 5.68. The molecule has 3 rings (SSSR count). The molecule has 0 unspecified atom stereocenters. The molecule has 2 aliphatic rings. The fourth-order valence-electron chi connectivity index (χ4n) is 3.02. The third kappa shape index (κ3) is 6.01. The largest absolute Gasteiger partial charge is 0.379 e. The second kappa shape index (κ2) is 9.20. The number of aliphatic imine (C=N–C) groups is 1. The zero-order valence-electron chi connectivity index (χ0n) is 15.5. The number of guanidine groups is 1. The van der Waals surface area contributed by atoms with Crippen LogP contribution in [0.15, 0.2) is 15.6 Å². The summed E-state index contributed by atoms with van der Waals surface area (Å²) in [5.41, 5.74) is 1.01. The van der Waals surface area contributed by atoms with Crippen molar-refractivity contribution >= 4 is 5.96 Å². The van der Waals surface area contributed by atoms with Crippen LogP contribution in [-0.2, 0) is 11.3 Å². The average Bonchev–Trinajstić information content (AvgIpc) is 3.35. The van der Waals surface area contributed by atoms with Crippen LogP contribution in [0.2, 0.25) is 0 Å². The molecule has 1 saturated carbocycles. The maximum absolute atomic E-state index is 5.68. The first-order valence-electron chi connectivity index (χ1n) is 9.50. The summed E-state index contributed by atoms with van der Waals surface area (Å²) in [6.45, 7) is 12.1. The molecule has 1 aliphatic carbocycles. The Balaban J connectivity index is 1.41. The van der Waals surface area contributed by atoms with Crippen molar-refractivity contribution in [1.82, 2.24) is 20.3 Å². The molecule has 1 N–H and O–H groups in total. The molecular weight excluding hydrogens is 318 g/mol. The summed E-state index contributed by atoms with van der Waals surface area (Å²) >= 11 is 0. The van der Waals surface area contributed by atoms with Gasteiger partial charge in [-0.1, -0.05) is 5.16 Å². The minimum Gasteiger partial charge on any atom is -0.379 e. The molecule has 140 valence electrons. The van der Waals surface area contributed by atoms with E-state index in [-0.39, 0.29) is 0 Å². The number of hydrogen-bond acceptors (Lipinski definition) is 5. The van der Waals surface area contributed by atoms with Gasteiger partial charge in [0.05, 0.1) is 18.8 Å². The monoisotopic (exact) mass is 349 g/mol. The highest BCUT2D eigenvalue weighted by Gasteiger charge is 2.21. The van der Waals surface area contributed by atoms with Gasteiger partial charge in [0.2, 0.25) is 0 Å². The van der Waals surface area contributed by atoms with E-state index in [1.807, 2.05) is 13.0 Å². The van der Waals surface area contributed by atoms with E-state index in [0.29, 0.717) is 0 Å². The van der Waals surface area contributed by atoms with Gasteiger partial charge in [0.1, 0.15) is 5.76 Å². The zero-order chi connectivity index (χ0) is 17.5. The fraction of sp³-hybridized carbons (Fsp3) is 0.778. The second-order valence-electron chi connectivity index (χ2n) is 6.95. The van der Waals surface area contributed by atoms with Gasteiger partial charge in [0.15, 0.2) is 5.96 Å². The van der Waals surface area contributed by atoms with Crippen LogP contribution in [0.25, 0.3) is 0 Å². The summed E-state index contributed by atoms with van der Waals surface area (Å²) in [7, 11) is 0. The van der Waals surface area contributed by atoms with Gasteiger partial charge in [0.25, 0.3) is 0 Å². The van der Waals surface area contributed by atoms with E-state index in [1.165, 1.54) is 12.8 Å². The summed E-state index contributed by atoms with van der Waals surface area (Å²) in [4.78, 5) is 9.48. The van der Waals surface area contributed by atoms with Crippen molar-refractivity contribution in [2.24, 2.45) is 10.9 Å². The number of rotatable bonds is 8. The molecule has 0 bridgehead atoms. The Morgan fingerprint density at radius 3 is 2.80 bits per heavy atom. The SMILES string of the molecule is CCNC(=NCCOCC1CC1)N1CCN(Cc2cc(C)on2)CC1. The lowest BCUT2D eigenvalue weighted by Crippen LogP contribution is -2.52. The van der Waals surface area contributed by atoms with Gasteiger partial charge in [-0.05, 0) is 32.6 Å². The topological polar surface area (TPSA) is 66.1 Å². The van der Waals surface area contributed by atoms with Crippen LogP contribution in [0.3, 0.4) is 0 Å². The van der Waals surface area contributed by atoms with E-state index in [1.54, 1.807) is 0 Å². The molecule has 25 heavy (non-hydrogen) atoms. The number of aromatic nitrogens is 1. The van der Waals surface area contributed by atoms with Gasteiger partial charge >= 0.3 is 0 Å². The lowest BCUT2D eigenvalue weighted by atomic mass is 10.3. The number of piperazine rings is 1. The van der Waals surface area contributed by atoms with Crippen LogP contribution in [0.5, 0.6) is 0 Å². The molecule has 7 nitrogen and oxygen atoms in total. The highest BCUT2D eigenvalue weighted by Crippen LogP contribution is 2.28. The maximum Gasteiger partial charge on any atom is 0.194 e. The van der Waals surface area contributed by atoms with E-state index >= 15 is 0 Å². The molecule has 1 saturated heterocycles. The Kier molecular flexibility index (Phi) is 6.69. The van der Waals surface area contributed by atoms with Crippen molar-refractivity contribution in [3.05, 3.63) is 17.5 Å². The lowest BCUT2D eigenvalue weighted by molar-refractivity contribution is 0.131. The van der Waals surface area contributed by atoms with Crippen molar-refractivity contribution in [3.8, 4) is 0 Å². The summed E-state index contributed by atoms with van der Waals surface area (Å²) in [5.74, 6) is 2.70. The Hall–Kier alpha value is -1.60. The van der Waals surface area contributed by atoms with Crippen LogP contribution in [0, 0.1) is 12.8 Å². The molecule has 0 radical (unpaired) electrons. The smallest absolute Gasteiger partial charge is 0.194 e. The number of aryl methyl sites for hydroxylation is 1. The van der Waals surface area contributed by atoms with Gasteiger partial charge in [-0.25, -0.2) is 0 Å². The predicted octanol–water partition coefficient (Wildman–Crippen LogP) is 1.49. The number of nitrogens with one attached hydrogen (secondary N) is 1. The third-order valence-electron chi connectivity index (χ3n) is 4.62. The van der Waals surface area contributed by atoms with Crippen LogP contribution in [-0.4, -0.2) is 73.4 Å². The van der Waals surface area contributed by atoms with Gasteiger partial charge in [-0.3, -0.25) is 9.89 Å². The van der Waals surface area contributed by atoms with Crippen LogP contribution < -0.4 is 5.32 Å². The minimum absolute atomic E-state index is 0.719. The van der Waals surface area contributed by atoms with Crippen LogP contribution >= 0.6 is 0 Å². The third-order valence-corrected chi connectivity index (χ3v) is 4.62. The zero-order valence-corrected chi connectivity index (χ0v) is 15.5. The number of hydrogen-bond donors (Lipinski definition) is 1. The number of ether oxygens (including phenoxy) is 1. The van der Waals surface area contributed by atoms with E-state index in [0.717, 1.165) is 82.4 Å². The van der Waals surface area contributed by atoms with Gasteiger partial charge in [-0.2, -0.15) is 0 Å². The quantitative estimate of drug-likeness (QED) is 0.436. The average molecular weight is 349 g/mol. The lowest BCUT2D eigenvalue weighted by Gasteiger charge is -2.36. The normalized spacial score (nSPS) is 19.4. The van der Waals surface area contributed by atoms with Crippen molar-refractivity contribution in [3.63, 3.8) is 0 Å². The molecule has 0 atom stereocenters. The fourth-order valence-corrected chi connectivity index (χ4v) is 3.02. The Labute approximate surface area is 150 Å². The van der Waals surface area contributed by atoms with Crippen molar-refractivity contribution in [1.29, 1.82) is 0 Å². The Morgan fingerprint density at radius 2 is 2.16 bits per heavy atom. The first kappa shape index (κ1) is 18.2. The highest BCUT2D eigenvalue weighted by atomic mass is 16.5. The van der Waals surface area contributed by atoms with Crippen molar-refractivity contribution in [2.45, 2.75) is 33.2 Å². The minimum atomic E-state index is 0.719. The summed E-state index contributed by atoms with van der Waals surface area (Å²) < 4.78 is 10.8. The van der Waals surface area contributed by atoms with Crippen molar-refractivity contribution in [2.75, 3.05) is 52.5 Å². The standard InChI is InChI=1S/C18H31N5O2/c1-3-19-18(20-6-11-24-14-16-4-5-16)23-9-7-22(8-10-23)13-17-12-15(2)25-21-17/h12,16H,3-11,13-14H2,1-2H3,(H,19,20). The first-order chi connectivity index (χ1) is 12.2. The van der Waals surface area contributed by atoms with Gasteiger partial charge in [0, 0.05) is 51.9 Å². The Bertz CT molecular complexity index is 547. The van der Waals surface area contributed by atoms with Crippen LogP contribution in [0.4, 0.5) is 0 Å². The summed E-state index contributed by atoms with van der Waals surface area (Å²) in [6.07, 6.45) is 2.67. The van der Waals surface area contributed by atoms with E-state index in [9.17, 15) is 0 Å². The molecule has 0 spiro atoms. The van der Waals surface area contributed by atoms with Gasteiger partial charge < -0.3 is 19.5 Å². The van der Waals surface area contributed by atoms with E-state index < -0.39 is 0 Å². The summed E-state index contributed by atoms with van der Waals surface area (Å²) in [6, 6.07) is 2.01. The van der Waals surface area contributed by atoms with E-state index in [4.69, 9.17) is 14.3 Å². The molecule has 2 heterocycles. The predicted molar refractivity (Wildman–Crippen MR) is 97.6 cm³/mol. The molecule has 0 aromatic carbocycles. The van der Waals surface area contributed by atoms with Gasteiger partial charge in [-0.15, -0.1) is 0 Å². The molecule has 2 fully saturated rings. The molecule has 1 aromatic heterocycles. The van der Waals surface area contributed by atoms with Crippen molar-refractivity contribution < 1.29 is 9.26 Å². The molecule has 1 aliphatic heterocycles. The molecule has 0 amide bonds. The summed E-state index contributed by atoms with van der Waals surface area (Å²) in [5, 5.41) is 7.49. The van der Waals surface area contributed by atoms with Crippen LogP contribution in [0.1, 0.15) is 31.2 Å². The molecular formula is C18H31N5O2. The first-order valence-corrected chi connectivity index (χ1v) is 9.50. The highest BCUT2D eigenvalue weighted by molar-refractivity contribution is 5.80. The number of nitrogens with zero attached hydrogens (tertiary/aromatic N) is 4.